The van der Waals surface area contributed by atoms with Crippen LogP contribution in [0.25, 0.3) is 97.4 Å². The largest absolute Gasteiger partial charge is 0.309 e. The van der Waals surface area contributed by atoms with Gasteiger partial charge in [-0.1, -0.05) is 109 Å². The Kier molecular flexibility index (Phi) is 6.48. The van der Waals surface area contributed by atoms with E-state index >= 15 is 0 Å². The molecule has 0 radical (unpaired) electrons. The number of nitrogens with zero attached hydrogens (tertiary/aromatic N) is 3. The Hall–Kier alpha value is -6.93. The second-order valence-corrected chi connectivity index (χ2v) is 14.7. The third-order valence-corrected chi connectivity index (χ3v) is 11.9. The molecule has 0 spiro atoms. The van der Waals surface area contributed by atoms with Crippen molar-refractivity contribution in [2.45, 2.75) is 0 Å². The molecule has 3 nitrogen and oxygen atoms in total. The van der Waals surface area contributed by atoms with Gasteiger partial charge in [0.05, 0.1) is 38.4 Å². The van der Waals surface area contributed by atoms with Crippen molar-refractivity contribution in [1.82, 2.24) is 9.13 Å². The zero-order valence-electron chi connectivity index (χ0n) is 28.5. The lowest BCUT2D eigenvalue weighted by atomic mass is 10.0. The second kappa shape index (κ2) is 11.5. The Balaban J connectivity index is 1.20. The molecule has 0 aliphatic rings. The van der Waals surface area contributed by atoms with E-state index in [2.05, 4.69) is 167 Å². The predicted molar refractivity (Wildman–Crippen MR) is 224 cm³/mol. The van der Waals surface area contributed by atoms with Gasteiger partial charge in [0.1, 0.15) is 0 Å². The number of rotatable bonds is 4. The minimum atomic E-state index is 0.670. The predicted octanol–water partition coefficient (Wildman–Crippen LogP) is 13.5. The van der Waals surface area contributed by atoms with E-state index in [4.69, 9.17) is 0 Å². The first-order valence-corrected chi connectivity index (χ1v) is 18.6. The van der Waals surface area contributed by atoms with Crippen LogP contribution in [0.15, 0.2) is 176 Å². The van der Waals surface area contributed by atoms with E-state index < -0.39 is 0 Å². The smallest absolute Gasteiger partial charge is 0.0991 e. The normalized spacial score (nSPS) is 11.8. The van der Waals surface area contributed by atoms with Crippen LogP contribution in [0, 0.1) is 11.3 Å². The summed E-state index contributed by atoms with van der Waals surface area (Å²) in [4.78, 5) is 0. The van der Waals surface area contributed by atoms with Crippen LogP contribution in [0.4, 0.5) is 0 Å². The first kappa shape index (κ1) is 29.8. The van der Waals surface area contributed by atoms with E-state index in [0.29, 0.717) is 5.56 Å². The van der Waals surface area contributed by atoms with E-state index in [1.165, 1.54) is 74.9 Å². The fraction of sp³-hybridized carbons (Fsp3) is 0. The molecule has 3 aromatic heterocycles. The van der Waals surface area contributed by atoms with Crippen LogP contribution in [-0.4, -0.2) is 9.13 Å². The monoisotopic (exact) mass is 691 g/mol. The average Bonchev–Trinajstić information content (AvgIpc) is 3.88. The molecule has 0 bridgehead atoms. The van der Waals surface area contributed by atoms with Crippen molar-refractivity contribution in [3.8, 4) is 39.7 Å². The number of aromatic nitrogens is 2. The highest BCUT2D eigenvalue weighted by Gasteiger charge is 2.20. The van der Waals surface area contributed by atoms with Crippen LogP contribution in [0.3, 0.4) is 0 Å². The molecule has 53 heavy (non-hydrogen) atoms. The third kappa shape index (κ3) is 4.52. The number of hydrogen-bond acceptors (Lipinski definition) is 2. The number of benzene rings is 8. The summed E-state index contributed by atoms with van der Waals surface area (Å²) in [5.41, 5.74) is 12.4. The van der Waals surface area contributed by atoms with Gasteiger partial charge in [0.2, 0.25) is 0 Å². The van der Waals surface area contributed by atoms with Crippen LogP contribution in [0.2, 0.25) is 0 Å². The van der Waals surface area contributed by atoms with Crippen molar-refractivity contribution in [3.05, 3.63) is 181 Å². The molecule has 0 saturated carbocycles. The Morgan fingerprint density at radius 1 is 0.396 bits per heavy atom. The topological polar surface area (TPSA) is 33.6 Å². The summed E-state index contributed by atoms with van der Waals surface area (Å²) in [7, 11) is 0. The molecule has 4 heteroatoms. The van der Waals surface area contributed by atoms with Gasteiger partial charge in [0.25, 0.3) is 0 Å². The standard InChI is InChI=1S/C49H29N3S/c50-30-31-17-19-33(20-18-31)35-21-26-47-43(28-35)41-24-23-40-42-29-37(51-44-15-6-4-13-38(44)39-14-5-7-16-45(39)51)22-25-46(42)52(48(40)49(41)53-47)36-12-8-11-34(27-36)32-9-2-1-3-10-32/h1-29H. The molecule has 0 aliphatic carbocycles. The summed E-state index contributed by atoms with van der Waals surface area (Å²) in [6.07, 6.45) is 0. The van der Waals surface area contributed by atoms with Gasteiger partial charge in [0, 0.05) is 48.4 Å². The van der Waals surface area contributed by atoms with Gasteiger partial charge in [0.15, 0.2) is 0 Å². The highest BCUT2D eigenvalue weighted by molar-refractivity contribution is 7.26. The van der Waals surface area contributed by atoms with Crippen LogP contribution >= 0.6 is 11.3 Å². The Morgan fingerprint density at radius 3 is 1.79 bits per heavy atom. The summed E-state index contributed by atoms with van der Waals surface area (Å²) in [6.45, 7) is 0. The maximum absolute atomic E-state index is 9.34. The molecule has 0 amide bonds. The van der Waals surface area contributed by atoms with Crippen molar-refractivity contribution in [2.24, 2.45) is 0 Å². The number of hydrogen-bond donors (Lipinski definition) is 0. The zero-order chi connectivity index (χ0) is 35.0. The molecule has 11 aromatic rings. The van der Waals surface area contributed by atoms with Gasteiger partial charge in [-0.05, 0) is 89.0 Å². The van der Waals surface area contributed by atoms with E-state index in [1.54, 1.807) is 0 Å². The number of nitriles is 1. The van der Waals surface area contributed by atoms with E-state index in [9.17, 15) is 5.26 Å². The summed E-state index contributed by atoms with van der Waals surface area (Å²) < 4.78 is 7.41. The van der Waals surface area contributed by atoms with Gasteiger partial charge in [-0.25, -0.2) is 0 Å². The SMILES string of the molecule is N#Cc1ccc(-c2ccc3sc4c(ccc5c6cc(-n7c8ccccc8c8ccccc87)ccc6n(-c6cccc(-c7ccccc7)c6)c54)c3c2)cc1. The maximum Gasteiger partial charge on any atom is 0.0991 e. The van der Waals surface area contributed by atoms with E-state index in [0.717, 1.165) is 22.5 Å². The second-order valence-electron chi connectivity index (χ2n) is 13.7. The lowest BCUT2D eigenvalue weighted by molar-refractivity contribution is 1.17. The number of thiophene rings is 1. The quantitative estimate of drug-likeness (QED) is 0.181. The molecule has 3 heterocycles. The van der Waals surface area contributed by atoms with E-state index in [-0.39, 0.29) is 0 Å². The minimum absolute atomic E-state index is 0.670. The fourth-order valence-corrected chi connectivity index (χ4v) is 9.52. The van der Waals surface area contributed by atoms with Crippen LogP contribution < -0.4 is 0 Å². The van der Waals surface area contributed by atoms with Gasteiger partial charge in [-0.3, -0.25) is 0 Å². The van der Waals surface area contributed by atoms with Crippen molar-refractivity contribution in [1.29, 1.82) is 5.26 Å². The average molecular weight is 692 g/mol. The Bertz CT molecular complexity index is 3230. The molecule has 0 aliphatic heterocycles. The first-order valence-electron chi connectivity index (χ1n) is 17.8. The Morgan fingerprint density at radius 2 is 1.02 bits per heavy atom. The van der Waals surface area contributed by atoms with E-state index in [1.807, 2.05) is 35.6 Å². The van der Waals surface area contributed by atoms with Crippen molar-refractivity contribution in [3.63, 3.8) is 0 Å². The number of fused-ring (bicyclic) bond motifs is 10. The van der Waals surface area contributed by atoms with Crippen LogP contribution in [0.5, 0.6) is 0 Å². The summed E-state index contributed by atoms with van der Waals surface area (Å²) in [6, 6.07) is 65.5. The summed E-state index contributed by atoms with van der Waals surface area (Å²) >= 11 is 1.86. The molecule has 11 rings (SSSR count). The Labute approximate surface area is 309 Å². The molecular weight excluding hydrogens is 663 g/mol. The molecule has 0 saturated heterocycles. The molecule has 0 atom stereocenters. The van der Waals surface area contributed by atoms with Gasteiger partial charge in [-0.2, -0.15) is 5.26 Å². The summed E-state index contributed by atoms with van der Waals surface area (Å²) in [5.74, 6) is 0. The lowest BCUT2D eigenvalue weighted by Gasteiger charge is -2.12. The highest BCUT2D eigenvalue weighted by atomic mass is 32.1. The molecule has 0 N–H and O–H groups in total. The molecule has 0 unspecified atom stereocenters. The fourth-order valence-electron chi connectivity index (χ4n) is 8.30. The van der Waals surface area contributed by atoms with Crippen LogP contribution in [-0.2, 0) is 0 Å². The third-order valence-electron chi connectivity index (χ3n) is 10.7. The molecule has 0 fully saturated rings. The van der Waals surface area contributed by atoms with Gasteiger partial charge in [-0.15, -0.1) is 11.3 Å². The maximum atomic E-state index is 9.34. The zero-order valence-corrected chi connectivity index (χ0v) is 29.3. The van der Waals surface area contributed by atoms with Gasteiger partial charge >= 0.3 is 0 Å². The van der Waals surface area contributed by atoms with Crippen LogP contribution in [0.1, 0.15) is 5.56 Å². The molecular formula is C49H29N3S. The minimum Gasteiger partial charge on any atom is -0.309 e. The summed E-state index contributed by atoms with van der Waals surface area (Å²) in [5, 5.41) is 16.8. The van der Waals surface area contributed by atoms with Gasteiger partial charge < -0.3 is 9.13 Å². The van der Waals surface area contributed by atoms with Crippen molar-refractivity contribution in [2.75, 3.05) is 0 Å². The molecule has 8 aromatic carbocycles. The van der Waals surface area contributed by atoms with Crippen molar-refractivity contribution >= 4 is 75.1 Å². The lowest BCUT2D eigenvalue weighted by Crippen LogP contribution is -1.96. The highest BCUT2D eigenvalue weighted by Crippen LogP contribution is 2.45. The van der Waals surface area contributed by atoms with Crippen molar-refractivity contribution < 1.29 is 0 Å². The first-order chi connectivity index (χ1) is 26.2. The molecule has 246 valence electrons. The number of para-hydroxylation sites is 2.